The van der Waals surface area contributed by atoms with Crippen LogP contribution in [0.3, 0.4) is 0 Å². The fourth-order valence-electron chi connectivity index (χ4n) is 4.49. The van der Waals surface area contributed by atoms with Crippen LogP contribution in [0.5, 0.6) is 0 Å². The Morgan fingerprint density at radius 1 is 1.17 bits per heavy atom. The molecule has 1 aromatic carbocycles. The number of rotatable bonds is 2. The molecule has 1 radical (unpaired) electrons. The van der Waals surface area contributed by atoms with Crippen LogP contribution < -0.4 is 0 Å². The Balaban J connectivity index is 1.84. The summed E-state index contributed by atoms with van der Waals surface area (Å²) in [6, 6.07) is 9.11. The molecule has 0 aromatic heterocycles. The summed E-state index contributed by atoms with van der Waals surface area (Å²) < 4.78 is 5.89. The molecule has 1 saturated heterocycles. The van der Waals surface area contributed by atoms with Crippen LogP contribution in [0.25, 0.3) is 0 Å². The minimum atomic E-state index is -0.510. The maximum atomic E-state index is 12.9. The second kappa shape index (κ2) is 5.91. The highest BCUT2D eigenvalue weighted by Gasteiger charge is 2.56. The molecule has 23 heavy (non-hydrogen) atoms. The van der Waals surface area contributed by atoms with Gasteiger partial charge in [0, 0.05) is 17.9 Å². The van der Waals surface area contributed by atoms with Crippen LogP contribution in [-0.4, -0.2) is 28.2 Å². The molecule has 0 spiro atoms. The summed E-state index contributed by atoms with van der Waals surface area (Å²) in [5, 5.41) is 14.2. The highest BCUT2D eigenvalue weighted by Crippen LogP contribution is 2.49. The zero-order chi connectivity index (χ0) is 16.7. The predicted molar refractivity (Wildman–Crippen MR) is 87.2 cm³/mol. The van der Waals surface area contributed by atoms with Gasteiger partial charge in [-0.1, -0.05) is 31.0 Å². The number of hydroxylamine groups is 2. The van der Waals surface area contributed by atoms with Crippen molar-refractivity contribution in [2.75, 3.05) is 0 Å². The second-order valence-corrected chi connectivity index (χ2v) is 7.83. The van der Waals surface area contributed by atoms with Crippen molar-refractivity contribution in [3.8, 4) is 0 Å². The van der Waals surface area contributed by atoms with Gasteiger partial charge in [-0.05, 0) is 45.7 Å². The summed E-state index contributed by atoms with van der Waals surface area (Å²) in [6.45, 7) is 5.97. The molecule has 0 amide bonds. The van der Waals surface area contributed by atoms with Crippen molar-refractivity contribution in [2.45, 2.75) is 70.1 Å². The lowest BCUT2D eigenvalue weighted by Crippen LogP contribution is -2.67. The Morgan fingerprint density at radius 3 is 2.57 bits per heavy atom. The largest absolute Gasteiger partial charge is 0.458 e. The first kappa shape index (κ1) is 16.5. The van der Waals surface area contributed by atoms with Crippen molar-refractivity contribution in [1.82, 2.24) is 5.06 Å². The van der Waals surface area contributed by atoms with E-state index >= 15 is 0 Å². The standard InChI is InChI=1S/C19H26NO3/c1-18(2)13-16(23-17(21)14-9-5-4-6-10-14)15-11-7-8-12-19(15,3)20(18)22/h4-6,9-10,15-16H,7-8,11-13H2,1-3H3/t15-,16-,19+/m0/s1. The Kier molecular flexibility index (Phi) is 4.23. The zero-order valence-corrected chi connectivity index (χ0v) is 14.2. The van der Waals surface area contributed by atoms with Crippen molar-refractivity contribution < 1.29 is 14.7 Å². The maximum absolute atomic E-state index is 12.9. The number of ether oxygens (including phenoxy) is 1. The Morgan fingerprint density at radius 2 is 1.87 bits per heavy atom. The number of fused-ring (bicyclic) bond motifs is 1. The molecule has 3 rings (SSSR count). The lowest BCUT2D eigenvalue weighted by molar-refractivity contribution is -0.326. The smallest absolute Gasteiger partial charge is 0.338 e. The highest BCUT2D eigenvalue weighted by molar-refractivity contribution is 5.89. The zero-order valence-electron chi connectivity index (χ0n) is 14.2. The summed E-state index contributed by atoms with van der Waals surface area (Å²) in [5.74, 6) is -0.159. The summed E-state index contributed by atoms with van der Waals surface area (Å²) in [4.78, 5) is 12.5. The first-order chi connectivity index (χ1) is 10.8. The molecule has 4 heteroatoms. The van der Waals surface area contributed by atoms with Crippen LogP contribution >= 0.6 is 0 Å². The number of hydrogen-bond donors (Lipinski definition) is 0. The van der Waals surface area contributed by atoms with E-state index in [1.165, 1.54) is 5.06 Å². The topological polar surface area (TPSA) is 49.4 Å². The van der Waals surface area contributed by atoms with Gasteiger partial charge in [0.05, 0.1) is 11.1 Å². The van der Waals surface area contributed by atoms with Gasteiger partial charge in [0.15, 0.2) is 0 Å². The molecule has 0 N–H and O–H groups in total. The lowest BCUT2D eigenvalue weighted by Gasteiger charge is -2.57. The summed E-state index contributed by atoms with van der Waals surface area (Å²) >= 11 is 0. The molecule has 0 bridgehead atoms. The van der Waals surface area contributed by atoms with Gasteiger partial charge in [-0.15, -0.1) is 10.3 Å². The van der Waals surface area contributed by atoms with E-state index in [4.69, 9.17) is 4.74 Å². The van der Waals surface area contributed by atoms with Gasteiger partial charge >= 0.3 is 5.97 Å². The van der Waals surface area contributed by atoms with Crippen molar-refractivity contribution in [2.24, 2.45) is 5.92 Å². The van der Waals surface area contributed by atoms with Crippen LogP contribution in [-0.2, 0) is 9.94 Å². The third kappa shape index (κ3) is 2.90. The van der Waals surface area contributed by atoms with Gasteiger partial charge in [0.1, 0.15) is 6.10 Å². The minimum Gasteiger partial charge on any atom is -0.458 e. The number of nitrogens with zero attached hydrogens (tertiary/aromatic N) is 1. The summed E-state index contributed by atoms with van der Waals surface area (Å²) in [5.41, 5.74) is -0.362. The van der Waals surface area contributed by atoms with Gasteiger partial charge < -0.3 is 4.74 Å². The van der Waals surface area contributed by atoms with E-state index < -0.39 is 11.1 Å². The van der Waals surface area contributed by atoms with E-state index in [0.29, 0.717) is 12.0 Å². The maximum Gasteiger partial charge on any atom is 0.338 e. The number of hydrogen-bond acceptors (Lipinski definition) is 3. The van der Waals surface area contributed by atoms with E-state index in [-0.39, 0.29) is 18.0 Å². The van der Waals surface area contributed by atoms with Crippen LogP contribution in [0.1, 0.15) is 63.2 Å². The predicted octanol–water partition coefficient (Wildman–Crippen LogP) is 3.99. The molecule has 4 nitrogen and oxygen atoms in total. The molecule has 3 atom stereocenters. The average molecular weight is 316 g/mol. The monoisotopic (exact) mass is 316 g/mol. The molecule has 2 fully saturated rings. The number of piperidine rings is 1. The number of benzene rings is 1. The van der Waals surface area contributed by atoms with Crippen LogP contribution in [0, 0.1) is 5.92 Å². The molecule has 1 heterocycles. The first-order valence-corrected chi connectivity index (χ1v) is 8.58. The van der Waals surface area contributed by atoms with Gasteiger partial charge in [0.2, 0.25) is 0 Å². The van der Waals surface area contributed by atoms with Crippen molar-refractivity contribution in [3.63, 3.8) is 0 Å². The minimum absolute atomic E-state index is 0.120. The molecule has 1 aliphatic carbocycles. The van der Waals surface area contributed by atoms with Gasteiger partial charge in [0.25, 0.3) is 0 Å². The van der Waals surface area contributed by atoms with Gasteiger partial charge in [-0.2, -0.15) is 0 Å². The quantitative estimate of drug-likeness (QED) is 0.775. The van der Waals surface area contributed by atoms with Crippen LogP contribution in [0.4, 0.5) is 0 Å². The Labute approximate surface area is 138 Å². The molecule has 1 aliphatic heterocycles. The molecular formula is C19H26NO3. The highest BCUT2D eigenvalue weighted by atomic mass is 16.5. The SMILES string of the molecule is CC1(C)C[C@H](OC(=O)c2ccccc2)[C@@H]2CCCC[C@@]2(C)N1[O]. The van der Waals surface area contributed by atoms with Gasteiger partial charge in [-0.25, -0.2) is 4.79 Å². The van der Waals surface area contributed by atoms with E-state index in [0.717, 1.165) is 25.7 Å². The third-order valence-corrected chi connectivity index (χ3v) is 5.68. The molecule has 125 valence electrons. The molecule has 1 saturated carbocycles. The summed E-state index contributed by atoms with van der Waals surface area (Å²) in [7, 11) is 0. The normalized spacial score (nSPS) is 33.7. The number of esters is 1. The molecule has 1 aromatic rings. The molecule has 2 aliphatic rings. The van der Waals surface area contributed by atoms with Crippen LogP contribution in [0.15, 0.2) is 30.3 Å². The second-order valence-electron chi connectivity index (χ2n) is 7.83. The van der Waals surface area contributed by atoms with Crippen molar-refractivity contribution >= 4 is 5.97 Å². The van der Waals surface area contributed by atoms with Crippen molar-refractivity contribution in [3.05, 3.63) is 35.9 Å². The number of carbonyl (C=O) groups is 1. The fourth-order valence-corrected chi connectivity index (χ4v) is 4.49. The van der Waals surface area contributed by atoms with E-state index in [1.54, 1.807) is 12.1 Å². The van der Waals surface area contributed by atoms with E-state index in [2.05, 4.69) is 0 Å². The molecule has 0 unspecified atom stereocenters. The lowest BCUT2D eigenvalue weighted by atomic mass is 9.64. The Bertz CT molecular complexity index is 571. The van der Waals surface area contributed by atoms with Crippen LogP contribution in [0.2, 0.25) is 0 Å². The average Bonchev–Trinajstić information content (AvgIpc) is 2.53. The van der Waals surface area contributed by atoms with Crippen molar-refractivity contribution in [1.29, 1.82) is 0 Å². The molecular weight excluding hydrogens is 290 g/mol. The van der Waals surface area contributed by atoms with E-state index in [9.17, 15) is 10.0 Å². The third-order valence-electron chi connectivity index (χ3n) is 5.68. The fraction of sp³-hybridized carbons (Fsp3) is 0.632. The Hall–Kier alpha value is -1.39. The van der Waals surface area contributed by atoms with E-state index in [1.807, 2.05) is 39.0 Å². The number of carbonyl (C=O) groups excluding carboxylic acids is 1. The first-order valence-electron chi connectivity index (χ1n) is 8.58. The van der Waals surface area contributed by atoms with Gasteiger partial charge in [-0.3, -0.25) is 0 Å². The summed E-state index contributed by atoms with van der Waals surface area (Å²) in [6.07, 6.45) is 4.42.